The number of nitrogens with one attached hydrogen (secondary N) is 2. The maximum atomic E-state index is 12.1. The number of ether oxygens (including phenoxy) is 2. The molecule has 0 heterocycles. The molecule has 0 bridgehead atoms. The Morgan fingerprint density at radius 3 is 1.13 bits per heavy atom. The molecule has 0 saturated heterocycles. The molecule has 3 N–H and O–H groups in total. The minimum Gasteiger partial charge on any atom is -0.467 e. The molecule has 0 aromatic rings. The summed E-state index contributed by atoms with van der Waals surface area (Å²) >= 11 is 0. The number of aliphatic hydroxyl groups is 1. The lowest BCUT2D eigenvalue weighted by molar-refractivity contribution is -0.149. The third kappa shape index (κ3) is 33.4. The molecule has 0 aliphatic heterocycles. The van der Waals surface area contributed by atoms with Gasteiger partial charge in [0.15, 0.2) is 17.9 Å². The molecule has 306 valence electrons. The summed E-state index contributed by atoms with van der Waals surface area (Å²) in [5.41, 5.74) is 0. The van der Waals surface area contributed by atoms with E-state index >= 15 is 0 Å². The van der Waals surface area contributed by atoms with Gasteiger partial charge in [0.2, 0.25) is 11.8 Å². The molecule has 10 nitrogen and oxygen atoms in total. The first-order valence-corrected chi connectivity index (χ1v) is 21.0. The highest BCUT2D eigenvalue weighted by Gasteiger charge is 2.28. The molecule has 0 rings (SSSR count). The minimum atomic E-state index is -1.16. The van der Waals surface area contributed by atoms with Gasteiger partial charge in [0, 0.05) is 20.3 Å². The van der Waals surface area contributed by atoms with E-state index < -0.39 is 36.0 Å². The molecular weight excluding hydrogens is 660 g/mol. The largest absolute Gasteiger partial charge is 0.467 e. The molecule has 3 atom stereocenters. The van der Waals surface area contributed by atoms with Crippen LogP contribution in [0.5, 0.6) is 0 Å². The van der Waals surface area contributed by atoms with Crippen molar-refractivity contribution in [3.05, 3.63) is 0 Å². The van der Waals surface area contributed by atoms with Gasteiger partial charge in [-0.15, -0.1) is 0 Å². The summed E-state index contributed by atoms with van der Waals surface area (Å²) in [6.45, 7) is 7.11. The van der Waals surface area contributed by atoms with Crippen LogP contribution in [0.2, 0.25) is 0 Å². The van der Waals surface area contributed by atoms with E-state index in [1.54, 1.807) is 0 Å². The van der Waals surface area contributed by atoms with Crippen LogP contribution >= 0.6 is 0 Å². The zero-order valence-corrected chi connectivity index (χ0v) is 34.3. The smallest absolute Gasteiger partial charge is 0.336 e. The molecule has 52 heavy (non-hydrogen) atoms. The van der Waals surface area contributed by atoms with E-state index in [2.05, 4.69) is 34.0 Å². The first kappa shape index (κ1) is 51.6. The van der Waals surface area contributed by atoms with E-state index in [1.807, 2.05) is 0 Å². The molecule has 0 aromatic carbocycles. The lowest BCUT2D eigenvalue weighted by Gasteiger charge is -2.21. The van der Waals surface area contributed by atoms with E-state index in [9.17, 15) is 29.1 Å². The van der Waals surface area contributed by atoms with Gasteiger partial charge < -0.3 is 25.2 Å². The molecule has 10 heteroatoms. The van der Waals surface area contributed by atoms with Crippen LogP contribution in [-0.2, 0) is 33.4 Å². The average Bonchev–Trinajstić information content (AvgIpc) is 3.12. The van der Waals surface area contributed by atoms with Crippen molar-refractivity contribution >= 4 is 29.5 Å². The average molecular weight is 741 g/mol. The number of esters is 2. The Morgan fingerprint density at radius 2 is 0.808 bits per heavy atom. The maximum absolute atomic E-state index is 12.1. The quantitative estimate of drug-likeness (QED) is 0.0336. The molecule has 0 aliphatic carbocycles. The predicted octanol–water partition coefficient (Wildman–Crippen LogP) is 9.22. The Kier molecular flexibility index (Phi) is 38.0. The fraction of sp³-hybridized carbons (Fsp3) is 0.881. The number of hydrogen-bond acceptors (Lipinski definition) is 8. The van der Waals surface area contributed by atoms with Crippen LogP contribution in [0.25, 0.3) is 0 Å². The van der Waals surface area contributed by atoms with Crippen LogP contribution in [0.4, 0.5) is 0 Å². The summed E-state index contributed by atoms with van der Waals surface area (Å²) in [6.07, 6.45) is 32.5. The highest BCUT2D eigenvalue weighted by molar-refractivity contribution is 6.05. The minimum absolute atomic E-state index is 0.268. The van der Waals surface area contributed by atoms with E-state index in [1.165, 1.54) is 156 Å². The van der Waals surface area contributed by atoms with Crippen molar-refractivity contribution in [2.24, 2.45) is 0 Å². The summed E-state index contributed by atoms with van der Waals surface area (Å²) in [4.78, 5) is 57.5. The van der Waals surface area contributed by atoms with Crippen molar-refractivity contribution in [1.82, 2.24) is 10.6 Å². The molecule has 1 unspecified atom stereocenters. The lowest BCUT2D eigenvalue weighted by atomic mass is 10.0. The highest BCUT2D eigenvalue weighted by Crippen LogP contribution is 2.15. The molecule has 0 fully saturated rings. The van der Waals surface area contributed by atoms with E-state index in [0.717, 1.165) is 38.5 Å². The van der Waals surface area contributed by atoms with Crippen molar-refractivity contribution in [3.8, 4) is 0 Å². The van der Waals surface area contributed by atoms with Gasteiger partial charge >= 0.3 is 11.9 Å². The summed E-state index contributed by atoms with van der Waals surface area (Å²) in [7, 11) is 2.48. The number of unbranched alkanes of at least 4 members (excludes halogenated alkanes) is 24. The van der Waals surface area contributed by atoms with Gasteiger partial charge in [-0.1, -0.05) is 174 Å². The second kappa shape index (κ2) is 38.2. The predicted molar refractivity (Wildman–Crippen MR) is 211 cm³/mol. The summed E-state index contributed by atoms with van der Waals surface area (Å²) in [6, 6.07) is -2.12. The fourth-order valence-electron chi connectivity index (χ4n) is 6.25. The number of methoxy groups -OCH3 is 2. The van der Waals surface area contributed by atoms with Crippen LogP contribution in [0.3, 0.4) is 0 Å². The number of carbonyl (C=O) groups is 5. The summed E-state index contributed by atoms with van der Waals surface area (Å²) in [5, 5.41) is 14.9. The number of aliphatic hydroxyl groups excluding tert-OH is 1. The van der Waals surface area contributed by atoms with E-state index in [-0.39, 0.29) is 11.7 Å². The number of amides is 2. The third-order valence-corrected chi connectivity index (χ3v) is 9.44. The number of ketones is 1. The summed E-state index contributed by atoms with van der Waals surface area (Å²) in [5.74, 6) is -2.30. The maximum Gasteiger partial charge on any atom is 0.336 e. The zero-order valence-electron chi connectivity index (χ0n) is 34.3. The Labute approximate surface area is 318 Å². The van der Waals surface area contributed by atoms with Crippen molar-refractivity contribution in [1.29, 1.82) is 0 Å². The van der Waals surface area contributed by atoms with Crippen molar-refractivity contribution in [3.63, 3.8) is 0 Å². The molecule has 0 aliphatic rings. The number of Topliss-reactive ketones (excluding diaryl/α,β-unsaturated/α-hetero) is 1. The van der Waals surface area contributed by atoms with Crippen LogP contribution < -0.4 is 10.6 Å². The van der Waals surface area contributed by atoms with E-state index in [0.29, 0.717) is 12.8 Å². The van der Waals surface area contributed by atoms with Crippen LogP contribution in [0, 0.1) is 0 Å². The molecule has 0 saturated carbocycles. The van der Waals surface area contributed by atoms with Gasteiger partial charge in [0.1, 0.15) is 0 Å². The molecule has 2 amide bonds. The van der Waals surface area contributed by atoms with Crippen LogP contribution in [0.1, 0.15) is 207 Å². The van der Waals surface area contributed by atoms with Gasteiger partial charge in [-0.2, -0.15) is 0 Å². The third-order valence-electron chi connectivity index (χ3n) is 9.44. The number of carbonyl (C=O) groups excluding carboxylic acids is 5. The SMILES string of the molecule is CCCCCCCCCCCCCCCC(=O)C(NC(C)=O)C(=O)OC.CCCCCCCCCCCCCCC[C@@H](O)[C@H](NC(C)=O)C(=O)OC. The second-order valence-electron chi connectivity index (χ2n) is 14.4. The zero-order chi connectivity index (χ0) is 39.2. The topological polar surface area (TPSA) is 148 Å². The Balaban J connectivity index is 0. The Hall–Kier alpha value is -2.49. The monoisotopic (exact) mass is 741 g/mol. The molecular formula is C42H80N2O8. The van der Waals surface area contributed by atoms with Gasteiger partial charge in [0.25, 0.3) is 0 Å². The number of hydrogen-bond donors (Lipinski definition) is 3. The van der Waals surface area contributed by atoms with Crippen molar-refractivity contribution < 1.29 is 38.6 Å². The second-order valence-corrected chi connectivity index (χ2v) is 14.4. The van der Waals surface area contributed by atoms with Gasteiger partial charge in [-0.05, 0) is 12.8 Å². The van der Waals surface area contributed by atoms with Crippen molar-refractivity contribution in [2.45, 2.75) is 226 Å². The van der Waals surface area contributed by atoms with Gasteiger partial charge in [0.05, 0.1) is 20.3 Å². The fourth-order valence-corrected chi connectivity index (χ4v) is 6.25. The first-order valence-electron chi connectivity index (χ1n) is 21.0. The number of rotatable bonds is 34. The highest BCUT2D eigenvalue weighted by atomic mass is 16.5. The van der Waals surface area contributed by atoms with Gasteiger partial charge in [-0.3, -0.25) is 14.4 Å². The van der Waals surface area contributed by atoms with Crippen LogP contribution in [-0.4, -0.2) is 67.0 Å². The first-order chi connectivity index (χ1) is 25.0. The van der Waals surface area contributed by atoms with Crippen molar-refractivity contribution in [2.75, 3.05) is 14.2 Å². The summed E-state index contributed by atoms with van der Waals surface area (Å²) < 4.78 is 9.22. The molecule has 0 spiro atoms. The molecule has 0 radical (unpaired) electrons. The Morgan fingerprint density at radius 1 is 0.481 bits per heavy atom. The molecule has 0 aromatic heterocycles. The normalized spacial score (nSPS) is 12.5. The standard InChI is InChI=1S/C21H41NO4.C21H39NO4/c2*1-4-5-6-7-8-9-10-11-12-13-14-15-16-17-19(24)20(21(25)26-3)22-18(2)23/h19-20,24H,4-17H2,1-3H3,(H,22,23);20H,4-17H2,1-3H3,(H,22,23)/t19-,20+;/m1./s1. The van der Waals surface area contributed by atoms with E-state index in [4.69, 9.17) is 0 Å². The lowest BCUT2D eigenvalue weighted by Crippen LogP contribution is -2.48. The Bertz CT molecular complexity index is 897. The van der Waals surface area contributed by atoms with Gasteiger partial charge in [-0.25, -0.2) is 9.59 Å². The van der Waals surface area contributed by atoms with Crippen LogP contribution in [0.15, 0.2) is 0 Å².